The molecule has 0 aliphatic carbocycles. The number of ether oxygens (including phenoxy) is 1. The topological polar surface area (TPSA) is 77.0 Å². The van der Waals surface area contributed by atoms with Gasteiger partial charge in [0.2, 0.25) is 0 Å². The van der Waals surface area contributed by atoms with Crippen LogP contribution in [-0.2, 0) is 11.2 Å². The SMILES string of the molecule is CCOC(=O)c1sc(C(C)Nc2nc(CC)nc3sccc23)nc1C. The Morgan fingerprint density at radius 3 is 2.84 bits per heavy atom. The number of anilines is 1. The van der Waals surface area contributed by atoms with Crippen molar-refractivity contribution in [3.63, 3.8) is 0 Å². The van der Waals surface area contributed by atoms with Crippen LogP contribution >= 0.6 is 22.7 Å². The first-order valence-electron chi connectivity index (χ1n) is 8.18. The number of nitrogens with zero attached hydrogens (tertiary/aromatic N) is 3. The molecular weight excluding hydrogens is 356 g/mol. The molecule has 0 amide bonds. The van der Waals surface area contributed by atoms with Gasteiger partial charge in [0.05, 0.1) is 23.7 Å². The van der Waals surface area contributed by atoms with Gasteiger partial charge in [0.25, 0.3) is 0 Å². The third-order valence-corrected chi connectivity index (χ3v) is 5.81. The fourth-order valence-corrected chi connectivity index (χ4v) is 4.17. The molecule has 25 heavy (non-hydrogen) atoms. The number of aromatic nitrogens is 3. The first kappa shape index (κ1) is 17.8. The van der Waals surface area contributed by atoms with Crippen molar-refractivity contribution in [1.29, 1.82) is 0 Å². The van der Waals surface area contributed by atoms with E-state index in [0.717, 1.165) is 33.3 Å². The van der Waals surface area contributed by atoms with Crippen LogP contribution in [0.1, 0.15) is 53.0 Å². The Bertz CT molecular complexity index is 903. The van der Waals surface area contributed by atoms with E-state index >= 15 is 0 Å². The Hall–Kier alpha value is -2.06. The van der Waals surface area contributed by atoms with Crippen LogP contribution in [0, 0.1) is 6.92 Å². The van der Waals surface area contributed by atoms with Crippen LogP contribution in [0.3, 0.4) is 0 Å². The monoisotopic (exact) mass is 376 g/mol. The van der Waals surface area contributed by atoms with Crippen LogP contribution in [-0.4, -0.2) is 27.5 Å². The van der Waals surface area contributed by atoms with E-state index in [-0.39, 0.29) is 12.0 Å². The number of carbonyl (C=O) groups is 1. The lowest BCUT2D eigenvalue weighted by Crippen LogP contribution is -2.09. The van der Waals surface area contributed by atoms with Crippen molar-refractivity contribution in [2.45, 2.75) is 40.2 Å². The molecule has 3 heterocycles. The molecule has 1 unspecified atom stereocenters. The second kappa shape index (κ2) is 7.45. The lowest BCUT2D eigenvalue weighted by atomic mass is 10.3. The molecule has 0 fully saturated rings. The fourth-order valence-electron chi connectivity index (χ4n) is 2.42. The molecule has 1 atom stereocenters. The van der Waals surface area contributed by atoms with Crippen LogP contribution in [0.4, 0.5) is 5.82 Å². The maximum atomic E-state index is 12.0. The predicted octanol–water partition coefficient (Wildman–Crippen LogP) is 4.37. The number of hydrogen-bond acceptors (Lipinski definition) is 8. The summed E-state index contributed by atoms with van der Waals surface area (Å²) in [5.74, 6) is 1.31. The van der Waals surface area contributed by atoms with E-state index in [2.05, 4.69) is 20.3 Å². The molecule has 1 N–H and O–H groups in total. The summed E-state index contributed by atoms with van der Waals surface area (Å²) < 4.78 is 5.09. The Kier molecular flexibility index (Phi) is 5.29. The minimum atomic E-state index is -0.313. The van der Waals surface area contributed by atoms with Gasteiger partial charge in [-0.2, -0.15) is 0 Å². The lowest BCUT2D eigenvalue weighted by molar-refractivity contribution is 0.0531. The van der Waals surface area contributed by atoms with E-state index in [1.54, 1.807) is 18.3 Å². The third kappa shape index (κ3) is 3.64. The Morgan fingerprint density at radius 2 is 2.12 bits per heavy atom. The van der Waals surface area contributed by atoms with Crippen molar-refractivity contribution in [1.82, 2.24) is 15.0 Å². The maximum absolute atomic E-state index is 12.0. The summed E-state index contributed by atoms with van der Waals surface area (Å²) >= 11 is 2.97. The van der Waals surface area contributed by atoms with Crippen LogP contribution in [0.25, 0.3) is 10.2 Å². The highest BCUT2D eigenvalue weighted by molar-refractivity contribution is 7.16. The van der Waals surface area contributed by atoms with E-state index in [1.165, 1.54) is 11.3 Å². The maximum Gasteiger partial charge on any atom is 0.350 e. The summed E-state index contributed by atoms with van der Waals surface area (Å²) in [5.41, 5.74) is 0.699. The summed E-state index contributed by atoms with van der Waals surface area (Å²) in [6.07, 6.45) is 0.778. The Morgan fingerprint density at radius 1 is 1.32 bits per heavy atom. The van der Waals surface area contributed by atoms with Gasteiger partial charge in [0.15, 0.2) is 0 Å². The van der Waals surface area contributed by atoms with Gasteiger partial charge in [-0.1, -0.05) is 6.92 Å². The van der Waals surface area contributed by atoms with Gasteiger partial charge in [-0.25, -0.2) is 19.7 Å². The molecule has 0 aliphatic heterocycles. The lowest BCUT2D eigenvalue weighted by Gasteiger charge is -2.13. The number of esters is 1. The average Bonchev–Trinajstić information content (AvgIpc) is 3.21. The number of rotatable bonds is 6. The van der Waals surface area contributed by atoms with Crippen LogP contribution in [0.2, 0.25) is 0 Å². The molecule has 0 spiro atoms. The van der Waals surface area contributed by atoms with E-state index in [1.807, 2.05) is 32.2 Å². The minimum Gasteiger partial charge on any atom is -0.462 e. The summed E-state index contributed by atoms with van der Waals surface area (Å²) in [6, 6.07) is 1.95. The molecule has 0 aromatic carbocycles. The number of carbonyl (C=O) groups excluding carboxylic acids is 1. The molecule has 6 nitrogen and oxygen atoms in total. The van der Waals surface area contributed by atoms with Crippen LogP contribution in [0.5, 0.6) is 0 Å². The first-order valence-corrected chi connectivity index (χ1v) is 9.88. The number of thiazole rings is 1. The van der Waals surface area contributed by atoms with Gasteiger partial charge in [-0.3, -0.25) is 0 Å². The molecule has 3 aromatic rings. The molecular formula is C17H20N4O2S2. The van der Waals surface area contributed by atoms with Crippen molar-refractivity contribution in [3.8, 4) is 0 Å². The predicted molar refractivity (Wildman–Crippen MR) is 102 cm³/mol. The zero-order valence-corrected chi connectivity index (χ0v) is 16.3. The van der Waals surface area contributed by atoms with Crippen molar-refractivity contribution < 1.29 is 9.53 Å². The van der Waals surface area contributed by atoms with Crippen LogP contribution < -0.4 is 5.32 Å². The van der Waals surface area contributed by atoms with Gasteiger partial charge in [0.1, 0.15) is 26.4 Å². The number of thiophene rings is 1. The van der Waals surface area contributed by atoms with E-state index < -0.39 is 0 Å². The molecule has 0 bridgehead atoms. The Balaban J connectivity index is 1.88. The molecule has 0 saturated heterocycles. The highest BCUT2D eigenvalue weighted by atomic mass is 32.1. The van der Waals surface area contributed by atoms with Gasteiger partial charge in [-0.15, -0.1) is 22.7 Å². The number of aryl methyl sites for hydroxylation is 2. The van der Waals surface area contributed by atoms with Gasteiger partial charge >= 0.3 is 5.97 Å². The summed E-state index contributed by atoms with van der Waals surface area (Å²) in [6.45, 7) is 8.04. The first-order chi connectivity index (χ1) is 12.0. The average molecular weight is 377 g/mol. The molecule has 0 aliphatic rings. The van der Waals surface area contributed by atoms with E-state index in [0.29, 0.717) is 17.2 Å². The zero-order chi connectivity index (χ0) is 18.0. The number of fused-ring (bicyclic) bond motifs is 1. The van der Waals surface area contributed by atoms with E-state index in [9.17, 15) is 4.79 Å². The van der Waals surface area contributed by atoms with Crippen molar-refractivity contribution in [2.75, 3.05) is 11.9 Å². The summed E-state index contributed by atoms with van der Waals surface area (Å²) in [7, 11) is 0. The standard InChI is InChI=1S/C17H20N4O2S2/c1-5-12-20-14(11-7-8-24-16(11)21-12)18-10(4)15-19-9(3)13(25-15)17(22)23-6-2/h7-8,10H,5-6H2,1-4H3,(H,18,20,21). The van der Waals surface area contributed by atoms with Crippen molar-refractivity contribution in [3.05, 3.63) is 32.8 Å². The highest BCUT2D eigenvalue weighted by Crippen LogP contribution is 2.30. The van der Waals surface area contributed by atoms with Crippen molar-refractivity contribution in [2.24, 2.45) is 0 Å². The molecule has 0 saturated carbocycles. The molecule has 132 valence electrons. The van der Waals surface area contributed by atoms with Crippen LogP contribution in [0.15, 0.2) is 11.4 Å². The largest absolute Gasteiger partial charge is 0.462 e. The second-order valence-electron chi connectivity index (χ2n) is 5.53. The molecule has 8 heteroatoms. The van der Waals surface area contributed by atoms with E-state index in [4.69, 9.17) is 4.74 Å². The minimum absolute atomic E-state index is 0.0745. The summed E-state index contributed by atoms with van der Waals surface area (Å²) in [5, 5.41) is 7.28. The van der Waals surface area contributed by atoms with Gasteiger partial charge < -0.3 is 10.1 Å². The second-order valence-corrected chi connectivity index (χ2v) is 7.46. The molecule has 3 rings (SSSR count). The zero-order valence-electron chi connectivity index (χ0n) is 14.6. The number of nitrogens with one attached hydrogen (secondary N) is 1. The van der Waals surface area contributed by atoms with Crippen molar-refractivity contribution >= 4 is 44.7 Å². The van der Waals surface area contributed by atoms with Gasteiger partial charge in [-0.05, 0) is 32.2 Å². The summed E-state index contributed by atoms with van der Waals surface area (Å²) in [4.78, 5) is 27.2. The quantitative estimate of drug-likeness (QED) is 0.644. The highest BCUT2D eigenvalue weighted by Gasteiger charge is 2.20. The number of hydrogen-bond donors (Lipinski definition) is 1. The Labute approximate surface area is 154 Å². The molecule has 3 aromatic heterocycles. The fraction of sp³-hybridized carbons (Fsp3) is 0.412. The third-order valence-electron chi connectivity index (χ3n) is 3.69. The normalized spacial score (nSPS) is 12.3. The van der Waals surface area contributed by atoms with Gasteiger partial charge in [0, 0.05) is 6.42 Å². The smallest absolute Gasteiger partial charge is 0.350 e. The molecule has 0 radical (unpaired) electrons.